The Hall–Kier alpha value is -2.40. The monoisotopic (exact) mass is 270 g/mol. The van der Waals surface area contributed by atoms with Crippen molar-refractivity contribution in [2.75, 3.05) is 0 Å². The summed E-state index contributed by atoms with van der Waals surface area (Å²) in [4.78, 5) is 18.4. The number of carboxylic acid groups (broad SMARTS) is 1. The number of aryl methyl sites for hydroxylation is 1. The highest BCUT2D eigenvalue weighted by atomic mass is 16.4. The lowest BCUT2D eigenvalue weighted by molar-refractivity contribution is 0.0690. The number of nitrogens with one attached hydrogen (secondary N) is 1. The van der Waals surface area contributed by atoms with Crippen LogP contribution in [0.5, 0.6) is 0 Å². The summed E-state index contributed by atoms with van der Waals surface area (Å²) < 4.78 is 0. The Morgan fingerprint density at radius 2 is 2.10 bits per heavy atom. The van der Waals surface area contributed by atoms with Crippen LogP contribution in [0.15, 0.2) is 24.4 Å². The predicted octanol–water partition coefficient (Wildman–Crippen LogP) is 2.78. The molecule has 5 nitrogen and oxygen atoms in total. The van der Waals surface area contributed by atoms with E-state index in [9.17, 15) is 9.90 Å². The lowest BCUT2D eigenvalue weighted by Crippen LogP contribution is -2.03. The minimum Gasteiger partial charge on any atom is -0.477 e. The fourth-order valence-electron chi connectivity index (χ4n) is 2.55. The summed E-state index contributed by atoms with van der Waals surface area (Å²) >= 11 is 0. The molecule has 1 aromatic carbocycles. The normalized spacial score (nSPS) is 12.9. The maximum Gasteiger partial charge on any atom is 0.354 e. The van der Waals surface area contributed by atoms with E-state index in [4.69, 9.17) is 5.11 Å². The third kappa shape index (κ3) is 1.75. The van der Waals surface area contributed by atoms with Crippen molar-refractivity contribution in [3.8, 4) is 0 Å². The van der Waals surface area contributed by atoms with E-state index < -0.39 is 12.1 Å². The molecule has 2 heterocycles. The van der Waals surface area contributed by atoms with Crippen LogP contribution in [-0.2, 0) is 0 Å². The second-order valence-electron chi connectivity index (χ2n) is 4.93. The van der Waals surface area contributed by atoms with E-state index in [0.717, 1.165) is 27.4 Å². The number of H-pyrrole nitrogens is 1. The molecule has 2 aromatic heterocycles. The molecule has 3 aromatic rings. The Balaban J connectivity index is 2.42. The third-order valence-corrected chi connectivity index (χ3v) is 3.59. The van der Waals surface area contributed by atoms with Crippen LogP contribution in [0.2, 0.25) is 0 Å². The Morgan fingerprint density at radius 1 is 1.35 bits per heavy atom. The molecule has 0 aliphatic rings. The highest BCUT2D eigenvalue weighted by Crippen LogP contribution is 2.30. The number of nitrogens with zero attached hydrogens (tertiary/aromatic N) is 1. The fourth-order valence-corrected chi connectivity index (χ4v) is 2.55. The maximum atomic E-state index is 11.2. The molecular formula is C15H14N2O3. The van der Waals surface area contributed by atoms with E-state index in [-0.39, 0.29) is 5.69 Å². The lowest BCUT2D eigenvalue weighted by atomic mass is 10.0. The molecule has 0 aliphatic carbocycles. The summed E-state index contributed by atoms with van der Waals surface area (Å²) in [6.45, 7) is 3.45. The van der Waals surface area contributed by atoms with Gasteiger partial charge in [0.15, 0.2) is 5.69 Å². The first-order valence-electron chi connectivity index (χ1n) is 6.31. The maximum absolute atomic E-state index is 11.2. The first-order valence-corrected chi connectivity index (χ1v) is 6.31. The minimum absolute atomic E-state index is 0.0563. The molecule has 1 atom stereocenters. The number of carbonyl (C=O) groups is 1. The number of aliphatic hydroxyl groups excluding tert-OH is 1. The first-order chi connectivity index (χ1) is 9.49. The molecule has 102 valence electrons. The second kappa shape index (κ2) is 4.31. The van der Waals surface area contributed by atoms with Gasteiger partial charge in [-0.1, -0.05) is 6.07 Å². The molecular weight excluding hydrogens is 256 g/mol. The average Bonchev–Trinajstić information content (AvgIpc) is 2.76. The van der Waals surface area contributed by atoms with Crippen molar-refractivity contribution in [1.29, 1.82) is 0 Å². The molecule has 0 aliphatic heterocycles. The number of aromatic amines is 1. The van der Waals surface area contributed by atoms with Crippen molar-refractivity contribution in [2.45, 2.75) is 20.0 Å². The van der Waals surface area contributed by atoms with Gasteiger partial charge >= 0.3 is 5.97 Å². The summed E-state index contributed by atoms with van der Waals surface area (Å²) in [5.41, 5.74) is 3.18. The number of aromatic carboxylic acids is 1. The highest BCUT2D eigenvalue weighted by molar-refractivity contribution is 6.10. The average molecular weight is 270 g/mol. The highest BCUT2D eigenvalue weighted by Gasteiger charge is 2.16. The van der Waals surface area contributed by atoms with Gasteiger partial charge in [-0.15, -0.1) is 0 Å². The molecule has 1 unspecified atom stereocenters. The standard InChI is InChI=1S/C15H14N2O3/c1-7-13-10-5-9(8(2)18)3-4-11(10)17-12(13)6-16-14(7)15(19)20/h3-6,8,17-18H,1-2H3,(H,19,20). The van der Waals surface area contributed by atoms with Crippen molar-refractivity contribution in [3.05, 3.63) is 41.2 Å². The zero-order chi connectivity index (χ0) is 14.4. The van der Waals surface area contributed by atoms with E-state index >= 15 is 0 Å². The molecule has 0 spiro atoms. The molecule has 3 rings (SSSR count). The van der Waals surface area contributed by atoms with Crippen molar-refractivity contribution in [3.63, 3.8) is 0 Å². The second-order valence-corrected chi connectivity index (χ2v) is 4.93. The lowest BCUT2D eigenvalue weighted by Gasteiger charge is -2.05. The van der Waals surface area contributed by atoms with E-state index in [1.807, 2.05) is 18.2 Å². The smallest absolute Gasteiger partial charge is 0.354 e. The molecule has 0 amide bonds. The Labute approximate surface area is 114 Å². The van der Waals surface area contributed by atoms with E-state index in [2.05, 4.69) is 9.97 Å². The minimum atomic E-state index is -1.04. The summed E-state index contributed by atoms with van der Waals surface area (Å²) in [5, 5.41) is 20.6. The van der Waals surface area contributed by atoms with Gasteiger partial charge in [0.25, 0.3) is 0 Å². The molecule has 5 heteroatoms. The Morgan fingerprint density at radius 3 is 2.75 bits per heavy atom. The van der Waals surface area contributed by atoms with Gasteiger partial charge in [0.05, 0.1) is 17.8 Å². The summed E-state index contributed by atoms with van der Waals surface area (Å²) in [7, 11) is 0. The van der Waals surface area contributed by atoms with Gasteiger partial charge in [-0.05, 0) is 37.1 Å². The van der Waals surface area contributed by atoms with Gasteiger partial charge < -0.3 is 15.2 Å². The van der Waals surface area contributed by atoms with Crippen molar-refractivity contribution in [2.24, 2.45) is 0 Å². The third-order valence-electron chi connectivity index (χ3n) is 3.59. The number of carboxylic acids is 1. The zero-order valence-electron chi connectivity index (χ0n) is 11.1. The summed E-state index contributed by atoms with van der Waals surface area (Å²) in [6, 6.07) is 5.62. The number of aliphatic hydroxyl groups is 1. The van der Waals surface area contributed by atoms with Crippen LogP contribution in [0.1, 0.15) is 34.6 Å². The number of benzene rings is 1. The van der Waals surface area contributed by atoms with E-state index in [1.165, 1.54) is 6.20 Å². The SMILES string of the molecule is Cc1c(C(=O)O)ncc2[nH]c3ccc(C(C)O)cc3c12. The van der Waals surface area contributed by atoms with Gasteiger partial charge in [0.2, 0.25) is 0 Å². The largest absolute Gasteiger partial charge is 0.477 e. The Bertz CT molecular complexity index is 834. The number of hydrogen-bond acceptors (Lipinski definition) is 3. The van der Waals surface area contributed by atoms with Crippen LogP contribution < -0.4 is 0 Å². The van der Waals surface area contributed by atoms with Gasteiger partial charge in [-0.2, -0.15) is 0 Å². The summed E-state index contributed by atoms with van der Waals surface area (Å²) in [5.74, 6) is -1.04. The predicted molar refractivity (Wildman–Crippen MR) is 75.9 cm³/mol. The topological polar surface area (TPSA) is 86.2 Å². The molecule has 0 saturated heterocycles. The zero-order valence-corrected chi connectivity index (χ0v) is 11.1. The number of fused-ring (bicyclic) bond motifs is 3. The number of pyridine rings is 1. The van der Waals surface area contributed by atoms with E-state index in [0.29, 0.717) is 5.56 Å². The van der Waals surface area contributed by atoms with E-state index in [1.54, 1.807) is 13.8 Å². The van der Waals surface area contributed by atoms with Gasteiger partial charge in [-0.25, -0.2) is 9.78 Å². The number of rotatable bonds is 2. The molecule has 3 N–H and O–H groups in total. The number of hydrogen-bond donors (Lipinski definition) is 3. The fraction of sp³-hybridized carbons (Fsp3) is 0.200. The van der Waals surface area contributed by atoms with Crippen LogP contribution in [0.4, 0.5) is 0 Å². The molecule has 0 fully saturated rings. The van der Waals surface area contributed by atoms with Crippen molar-refractivity contribution >= 4 is 27.8 Å². The van der Waals surface area contributed by atoms with Gasteiger partial charge in [0, 0.05) is 16.3 Å². The molecule has 0 bridgehead atoms. The Kier molecular flexibility index (Phi) is 2.72. The first kappa shape index (κ1) is 12.6. The van der Waals surface area contributed by atoms with Gasteiger partial charge in [0.1, 0.15) is 0 Å². The van der Waals surface area contributed by atoms with Gasteiger partial charge in [-0.3, -0.25) is 0 Å². The van der Waals surface area contributed by atoms with Crippen LogP contribution in [0.3, 0.4) is 0 Å². The molecule has 0 radical (unpaired) electrons. The molecule has 20 heavy (non-hydrogen) atoms. The van der Waals surface area contributed by atoms with Crippen LogP contribution >= 0.6 is 0 Å². The number of aromatic nitrogens is 2. The van der Waals surface area contributed by atoms with Crippen molar-refractivity contribution < 1.29 is 15.0 Å². The molecule has 0 saturated carbocycles. The van der Waals surface area contributed by atoms with Crippen LogP contribution in [0, 0.1) is 6.92 Å². The van der Waals surface area contributed by atoms with Crippen molar-refractivity contribution in [1.82, 2.24) is 9.97 Å². The van der Waals surface area contributed by atoms with Crippen LogP contribution in [-0.4, -0.2) is 26.2 Å². The quantitative estimate of drug-likeness (QED) is 0.668. The van der Waals surface area contributed by atoms with Crippen LogP contribution in [0.25, 0.3) is 21.8 Å². The summed E-state index contributed by atoms with van der Waals surface area (Å²) in [6.07, 6.45) is 0.971.